The van der Waals surface area contributed by atoms with Crippen LogP contribution in [-0.4, -0.2) is 70.4 Å². The van der Waals surface area contributed by atoms with Crippen molar-refractivity contribution in [3.8, 4) is 23.3 Å². The van der Waals surface area contributed by atoms with Gasteiger partial charge in [-0.05, 0) is 6.07 Å². The topological polar surface area (TPSA) is 73.4 Å². The summed E-state index contributed by atoms with van der Waals surface area (Å²) in [6.07, 6.45) is 0. The second-order valence-corrected chi connectivity index (χ2v) is 6.26. The van der Waals surface area contributed by atoms with E-state index in [-0.39, 0.29) is 11.8 Å². The van der Waals surface area contributed by atoms with E-state index in [1.54, 1.807) is 31.3 Å². The van der Waals surface area contributed by atoms with Gasteiger partial charge in [0.15, 0.2) is 0 Å². The molecular weight excluding hydrogens is 362 g/mol. The first-order valence-electron chi connectivity index (χ1n) is 8.96. The minimum absolute atomic E-state index is 0.102. The van der Waals surface area contributed by atoms with Crippen molar-refractivity contribution in [2.75, 3.05) is 59.5 Å². The average molecular weight is 387 g/mol. The zero-order valence-electron chi connectivity index (χ0n) is 16.6. The number of carbonyl (C=O) groups excluding carboxylic acids is 1. The van der Waals surface area contributed by atoms with E-state index in [4.69, 9.17) is 18.9 Å². The molecule has 3 rings (SSSR count). The molecule has 0 spiro atoms. The SMILES string of the molecule is COc1cc(OC)cc(N2CCN(C(=O)c3ccc(OC)nc3OC)CC2)c1. The van der Waals surface area contributed by atoms with Crippen molar-refractivity contribution in [3.05, 3.63) is 35.9 Å². The maximum Gasteiger partial charge on any atom is 0.259 e. The summed E-state index contributed by atoms with van der Waals surface area (Å²) in [6.45, 7) is 2.59. The molecule has 1 amide bonds. The summed E-state index contributed by atoms with van der Waals surface area (Å²) in [7, 11) is 6.28. The molecule has 28 heavy (non-hydrogen) atoms. The standard InChI is InChI=1S/C20H25N3O5/c1-25-15-11-14(12-16(13-15)26-2)22-7-9-23(10-8-22)20(24)17-5-6-18(27-3)21-19(17)28-4/h5-6,11-13H,7-10H2,1-4H3. The van der Waals surface area contributed by atoms with Crippen LogP contribution in [0.1, 0.15) is 10.4 Å². The van der Waals surface area contributed by atoms with Gasteiger partial charge in [0.25, 0.3) is 5.91 Å². The summed E-state index contributed by atoms with van der Waals surface area (Å²) in [5.41, 5.74) is 1.44. The lowest BCUT2D eigenvalue weighted by molar-refractivity contribution is 0.0742. The van der Waals surface area contributed by atoms with Gasteiger partial charge in [-0.3, -0.25) is 4.79 Å². The molecule has 8 nitrogen and oxygen atoms in total. The zero-order chi connectivity index (χ0) is 20.1. The molecule has 0 radical (unpaired) electrons. The Balaban J connectivity index is 1.71. The molecule has 1 aliphatic rings. The Kier molecular flexibility index (Phi) is 6.08. The Hall–Kier alpha value is -3.16. The Morgan fingerprint density at radius 3 is 2.04 bits per heavy atom. The minimum atomic E-state index is -0.102. The quantitative estimate of drug-likeness (QED) is 0.751. The maximum atomic E-state index is 12.9. The molecule has 1 aromatic carbocycles. The van der Waals surface area contributed by atoms with Gasteiger partial charge in [-0.25, -0.2) is 0 Å². The lowest BCUT2D eigenvalue weighted by Crippen LogP contribution is -2.48. The highest BCUT2D eigenvalue weighted by Gasteiger charge is 2.25. The van der Waals surface area contributed by atoms with E-state index in [1.807, 2.05) is 18.2 Å². The lowest BCUT2D eigenvalue weighted by Gasteiger charge is -2.36. The van der Waals surface area contributed by atoms with Gasteiger partial charge in [0.2, 0.25) is 11.8 Å². The fourth-order valence-electron chi connectivity index (χ4n) is 3.17. The first-order valence-corrected chi connectivity index (χ1v) is 8.96. The predicted octanol–water partition coefficient (Wildman–Crippen LogP) is 2.08. The number of benzene rings is 1. The largest absolute Gasteiger partial charge is 0.497 e. The molecule has 0 unspecified atom stereocenters. The highest BCUT2D eigenvalue weighted by atomic mass is 16.5. The van der Waals surface area contributed by atoms with Gasteiger partial charge in [-0.1, -0.05) is 0 Å². The normalized spacial score (nSPS) is 13.9. The van der Waals surface area contributed by atoms with Crippen LogP contribution in [0.5, 0.6) is 23.3 Å². The molecule has 0 N–H and O–H groups in total. The van der Waals surface area contributed by atoms with Crippen molar-refractivity contribution in [2.45, 2.75) is 0 Å². The summed E-state index contributed by atoms with van der Waals surface area (Å²) in [5, 5.41) is 0. The summed E-state index contributed by atoms with van der Waals surface area (Å²) >= 11 is 0. The molecular formula is C20H25N3O5. The number of hydrogen-bond donors (Lipinski definition) is 0. The Labute approximate surface area is 164 Å². The highest BCUT2D eigenvalue weighted by molar-refractivity contribution is 5.96. The summed E-state index contributed by atoms with van der Waals surface area (Å²) in [5.74, 6) is 2.05. The zero-order valence-corrected chi connectivity index (χ0v) is 16.6. The monoisotopic (exact) mass is 387 g/mol. The van der Waals surface area contributed by atoms with Crippen LogP contribution >= 0.6 is 0 Å². The van der Waals surface area contributed by atoms with Crippen LogP contribution in [0.4, 0.5) is 5.69 Å². The van der Waals surface area contributed by atoms with Gasteiger partial charge in [-0.15, -0.1) is 0 Å². The number of carbonyl (C=O) groups is 1. The number of anilines is 1. The van der Waals surface area contributed by atoms with Gasteiger partial charge < -0.3 is 28.7 Å². The molecule has 8 heteroatoms. The second-order valence-electron chi connectivity index (χ2n) is 6.26. The summed E-state index contributed by atoms with van der Waals surface area (Å²) < 4.78 is 21.1. The number of aromatic nitrogens is 1. The third-order valence-electron chi connectivity index (χ3n) is 4.74. The van der Waals surface area contributed by atoms with Gasteiger partial charge in [-0.2, -0.15) is 4.98 Å². The van der Waals surface area contributed by atoms with Gasteiger partial charge in [0, 0.05) is 56.1 Å². The molecule has 2 aromatic rings. The smallest absolute Gasteiger partial charge is 0.259 e. The van der Waals surface area contributed by atoms with Crippen LogP contribution in [-0.2, 0) is 0 Å². The van der Waals surface area contributed by atoms with E-state index in [2.05, 4.69) is 9.88 Å². The molecule has 0 bridgehead atoms. The van der Waals surface area contributed by atoms with Crippen LogP contribution in [0.15, 0.2) is 30.3 Å². The molecule has 1 aromatic heterocycles. The molecule has 1 aliphatic heterocycles. The summed E-state index contributed by atoms with van der Waals surface area (Å²) in [6, 6.07) is 9.12. The van der Waals surface area contributed by atoms with E-state index in [0.29, 0.717) is 37.6 Å². The van der Waals surface area contributed by atoms with E-state index in [1.165, 1.54) is 14.2 Å². The van der Waals surface area contributed by atoms with Gasteiger partial charge in [0.05, 0.1) is 28.4 Å². The molecule has 1 fully saturated rings. The van der Waals surface area contributed by atoms with Gasteiger partial charge >= 0.3 is 0 Å². The number of hydrogen-bond acceptors (Lipinski definition) is 7. The number of methoxy groups -OCH3 is 4. The predicted molar refractivity (Wildman–Crippen MR) is 105 cm³/mol. The molecule has 0 aliphatic carbocycles. The van der Waals surface area contributed by atoms with Crippen molar-refractivity contribution >= 4 is 11.6 Å². The van der Waals surface area contributed by atoms with E-state index >= 15 is 0 Å². The van der Waals surface area contributed by atoms with Crippen LogP contribution < -0.4 is 23.8 Å². The first-order chi connectivity index (χ1) is 13.6. The fraction of sp³-hybridized carbons (Fsp3) is 0.400. The van der Waals surface area contributed by atoms with Crippen molar-refractivity contribution in [3.63, 3.8) is 0 Å². The maximum absolute atomic E-state index is 12.9. The third kappa shape index (κ3) is 4.05. The first kappa shape index (κ1) is 19.6. The van der Waals surface area contributed by atoms with Crippen molar-refractivity contribution in [2.24, 2.45) is 0 Å². The van der Waals surface area contributed by atoms with E-state index in [9.17, 15) is 4.79 Å². The van der Waals surface area contributed by atoms with Crippen molar-refractivity contribution in [1.82, 2.24) is 9.88 Å². The third-order valence-corrected chi connectivity index (χ3v) is 4.74. The summed E-state index contributed by atoms with van der Waals surface area (Å²) in [4.78, 5) is 21.1. The molecule has 0 saturated carbocycles. The molecule has 1 saturated heterocycles. The number of nitrogens with zero attached hydrogens (tertiary/aromatic N) is 3. The number of amides is 1. The van der Waals surface area contributed by atoms with Crippen LogP contribution in [0.3, 0.4) is 0 Å². The van der Waals surface area contributed by atoms with Crippen LogP contribution in [0.2, 0.25) is 0 Å². The molecule has 2 heterocycles. The number of piperazine rings is 1. The Morgan fingerprint density at radius 1 is 0.857 bits per heavy atom. The Morgan fingerprint density at radius 2 is 1.50 bits per heavy atom. The van der Waals surface area contributed by atoms with Crippen molar-refractivity contribution < 1.29 is 23.7 Å². The van der Waals surface area contributed by atoms with E-state index < -0.39 is 0 Å². The highest BCUT2D eigenvalue weighted by Crippen LogP contribution is 2.29. The number of ether oxygens (including phenoxy) is 4. The van der Waals surface area contributed by atoms with E-state index in [0.717, 1.165) is 17.2 Å². The van der Waals surface area contributed by atoms with Crippen LogP contribution in [0, 0.1) is 0 Å². The molecule has 0 atom stereocenters. The minimum Gasteiger partial charge on any atom is -0.497 e. The average Bonchev–Trinajstić information content (AvgIpc) is 2.77. The number of pyridine rings is 1. The Bertz CT molecular complexity index is 812. The van der Waals surface area contributed by atoms with Gasteiger partial charge in [0.1, 0.15) is 17.1 Å². The van der Waals surface area contributed by atoms with Crippen LogP contribution in [0.25, 0.3) is 0 Å². The lowest BCUT2D eigenvalue weighted by atomic mass is 10.2. The fourth-order valence-corrected chi connectivity index (χ4v) is 3.17. The second kappa shape index (κ2) is 8.69. The number of rotatable bonds is 6. The van der Waals surface area contributed by atoms with Crippen molar-refractivity contribution in [1.29, 1.82) is 0 Å². The molecule has 150 valence electrons.